The molecule has 7 heteroatoms. The van der Waals surface area contributed by atoms with E-state index in [0.29, 0.717) is 24.4 Å². The second kappa shape index (κ2) is 6.38. The topological polar surface area (TPSA) is 101 Å². The normalized spacial score (nSPS) is 11.8. The number of sulfonamides is 1. The summed E-state index contributed by atoms with van der Waals surface area (Å²) in [5, 5.41) is 6.57. The summed E-state index contributed by atoms with van der Waals surface area (Å²) >= 11 is 0. The van der Waals surface area contributed by atoms with Gasteiger partial charge in [0, 0.05) is 13.1 Å². The van der Waals surface area contributed by atoms with Crippen LogP contribution in [0.25, 0.3) is 0 Å². The van der Waals surface area contributed by atoms with E-state index < -0.39 is 10.0 Å². The summed E-state index contributed by atoms with van der Waals surface area (Å²) in [7, 11) is -3.59. The molecule has 0 unspecified atom stereocenters. The molecule has 1 heterocycles. The first-order valence-electron chi connectivity index (χ1n) is 6.73. The largest absolute Gasteiger partial charge is 0.325 e. The lowest BCUT2D eigenvalue weighted by Gasteiger charge is -2.08. The van der Waals surface area contributed by atoms with Crippen molar-refractivity contribution in [1.82, 2.24) is 14.9 Å². The summed E-state index contributed by atoms with van der Waals surface area (Å²) in [5.74, 6) is 0. The zero-order valence-electron chi connectivity index (χ0n) is 12.2. The molecule has 2 rings (SSSR count). The van der Waals surface area contributed by atoms with Crippen LogP contribution in [0.3, 0.4) is 0 Å². The highest BCUT2D eigenvalue weighted by Crippen LogP contribution is 2.16. The van der Waals surface area contributed by atoms with Gasteiger partial charge in [0.15, 0.2) is 0 Å². The molecule has 0 bridgehead atoms. The smallest absolute Gasteiger partial charge is 0.244 e. The molecule has 0 aliphatic heterocycles. The van der Waals surface area contributed by atoms with Gasteiger partial charge in [0.25, 0.3) is 0 Å². The van der Waals surface area contributed by atoms with Gasteiger partial charge in [-0.3, -0.25) is 5.10 Å². The van der Waals surface area contributed by atoms with E-state index in [2.05, 4.69) is 14.9 Å². The molecule has 0 fully saturated rings. The predicted octanol–water partition coefficient (Wildman–Crippen LogP) is 1.01. The third-order valence-corrected chi connectivity index (χ3v) is 4.88. The van der Waals surface area contributed by atoms with E-state index in [0.717, 1.165) is 11.1 Å². The van der Waals surface area contributed by atoms with Gasteiger partial charge in [-0.1, -0.05) is 29.8 Å². The first-order valence-corrected chi connectivity index (χ1v) is 8.21. The van der Waals surface area contributed by atoms with Gasteiger partial charge in [-0.2, -0.15) is 5.10 Å². The van der Waals surface area contributed by atoms with Crippen molar-refractivity contribution in [2.75, 3.05) is 6.54 Å². The van der Waals surface area contributed by atoms with E-state index in [4.69, 9.17) is 5.73 Å². The molecule has 1 aromatic carbocycles. The Labute approximate surface area is 124 Å². The van der Waals surface area contributed by atoms with Crippen LogP contribution in [0.1, 0.15) is 22.5 Å². The number of hydrogen-bond acceptors (Lipinski definition) is 4. The monoisotopic (exact) mass is 308 g/mol. The lowest BCUT2D eigenvalue weighted by molar-refractivity contribution is 0.580. The van der Waals surface area contributed by atoms with Crippen LogP contribution in [0.5, 0.6) is 0 Å². The molecule has 0 aliphatic carbocycles. The lowest BCUT2D eigenvalue weighted by Crippen LogP contribution is -2.27. The zero-order chi connectivity index (χ0) is 15.5. The molecule has 0 atom stereocenters. The summed E-state index contributed by atoms with van der Waals surface area (Å²) < 4.78 is 27.3. The third kappa shape index (κ3) is 3.69. The first-order chi connectivity index (χ1) is 9.94. The number of rotatable bonds is 6. The highest BCUT2D eigenvalue weighted by Gasteiger charge is 2.22. The van der Waals surface area contributed by atoms with Crippen molar-refractivity contribution in [3.63, 3.8) is 0 Å². The average molecular weight is 308 g/mol. The fourth-order valence-electron chi connectivity index (χ4n) is 2.23. The Balaban J connectivity index is 2.06. The molecule has 0 radical (unpaired) electrons. The summed E-state index contributed by atoms with van der Waals surface area (Å²) in [4.78, 5) is 0.161. The van der Waals surface area contributed by atoms with Crippen molar-refractivity contribution in [3.05, 3.63) is 46.8 Å². The van der Waals surface area contributed by atoms with Gasteiger partial charge in [-0.15, -0.1) is 0 Å². The average Bonchev–Trinajstić information content (AvgIpc) is 2.80. The molecule has 114 valence electrons. The van der Waals surface area contributed by atoms with Crippen LogP contribution in [0.15, 0.2) is 29.2 Å². The minimum absolute atomic E-state index is 0.0818. The number of nitrogens with two attached hydrogens (primary N) is 1. The number of benzene rings is 1. The van der Waals surface area contributed by atoms with Crippen LogP contribution in [-0.2, 0) is 23.0 Å². The van der Waals surface area contributed by atoms with E-state index >= 15 is 0 Å². The molecule has 6 nitrogen and oxygen atoms in total. The number of aromatic amines is 1. The molecular formula is C14H20N4O2S. The fraction of sp³-hybridized carbons (Fsp3) is 0.357. The molecular weight excluding hydrogens is 288 g/mol. The molecule has 0 saturated heterocycles. The van der Waals surface area contributed by atoms with Gasteiger partial charge in [0.2, 0.25) is 10.0 Å². The van der Waals surface area contributed by atoms with Crippen LogP contribution in [0.4, 0.5) is 0 Å². The number of nitrogens with one attached hydrogen (secondary N) is 2. The van der Waals surface area contributed by atoms with Gasteiger partial charge < -0.3 is 5.73 Å². The number of aryl methyl sites for hydroxylation is 2. The Bertz CT molecular complexity index is 722. The minimum Gasteiger partial charge on any atom is -0.325 e. The van der Waals surface area contributed by atoms with E-state index in [9.17, 15) is 8.42 Å². The number of hydrogen-bond donors (Lipinski definition) is 3. The van der Waals surface area contributed by atoms with Crippen molar-refractivity contribution in [3.8, 4) is 0 Å². The maximum atomic E-state index is 12.3. The first kappa shape index (κ1) is 15.7. The van der Waals surface area contributed by atoms with Crippen LogP contribution < -0.4 is 10.5 Å². The SMILES string of the molecule is Cc1cccc(CCNS(=O)(=O)c2c(CN)n[nH]c2C)c1. The summed E-state index contributed by atoms with van der Waals surface area (Å²) in [5.41, 5.74) is 8.63. The quantitative estimate of drug-likeness (QED) is 0.741. The second-order valence-corrected chi connectivity index (χ2v) is 6.67. The molecule has 0 spiro atoms. The van der Waals surface area contributed by atoms with Crippen molar-refractivity contribution >= 4 is 10.0 Å². The van der Waals surface area contributed by atoms with E-state index in [1.54, 1.807) is 6.92 Å². The molecule has 0 saturated carbocycles. The van der Waals surface area contributed by atoms with Crippen molar-refractivity contribution < 1.29 is 8.42 Å². The third-order valence-electron chi connectivity index (χ3n) is 3.21. The Morgan fingerprint density at radius 1 is 1.33 bits per heavy atom. The van der Waals surface area contributed by atoms with Crippen molar-refractivity contribution in [1.29, 1.82) is 0 Å². The highest BCUT2D eigenvalue weighted by atomic mass is 32.2. The van der Waals surface area contributed by atoms with E-state index in [1.165, 1.54) is 0 Å². The van der Waals surface area contributed by atoms with Crippen molar-refractivity contribution in [2.24, 2.45) is 5.73 Å². The van der Waals surface area contributed by atoms with Crippen LogP contribution in [0.2, 0.25) is 0 Å². The van der Waals surface area contributed by atoms with Crippen LogP contribution in [0, 0.1) is 13.8 Å². The molecule has 4 N–H and O–H groups in total. The number of H-pyrrole nitrogens is 1. The molecule has 21 heavy (non-hydrogen) atoms. The standard InChI is InChI=1S/C14H20N4O2S/c1-10-4-3-5-12(8-10)6-7-16-21(19,20)14-11(2)17-18-13(14)9-15/h3-5,8,16H,6-7,9,15H2,1-2H3,(H,17,18). The number of nitrogens with zero attached hydrogens (tertiary/aromatic N) is 1. The molecule has 1 aromatic heterocycles. The maximum Gasteiger partial charge on any atom is 0.244 e. The summed E-state index contributed by atoms with van der Waals surface area (Å²) in [6, 6.07) is 8.00. The zero-order valence-corrected chi connectivity index (χ0v) is 13.0. The minimum atomic E-state index is -3.59. The Kier molecular flexibility index (Phi) is 4.76. The van der Waals surface area contributed by atoms with Crippen LogP contribution in [-0.4, -0.2) is 25.2 Å². The molecule has 0 amide bonds. The number of aromatic nitrogens is 2. The van der Waals surface area contributed by atoms with Crippen LogP contribution >= 0.6 is 0 Å². The van der Waals surface area contributed by atoms with Gasteiger partial charge >= 0.3 is 0 Å². The van der Waals surface area contributed by atoms with Crippen molar-refractivity contribution in [2.45, 2.75) is 31.7 Å². The van der Waals surface area contributed by atoms with Gasteiger partial charge in [-0.05, 0) is 25.8 Å². The Morgan fingerprint density at radius 3 is 2.76 bits per heavy atom. The maximum absolute atomic E-state index is 12.3. The van der Waals surface area contributed by atoms with E-state index in [1.807, 2.05) is 31.2 Å². The Hall–Kier alpha value is -1.70. The highest BCUT2D eigenvalue weighted by molar-refractivity contribution is 7.89. The molecule has 2 aromatic rings. The summed E-state index contributed by atoms with van der Waals surface area (Å²) in [6.07, 6.45) is 0.635. The van der Waals surface area contributed by atoms with Gasteiger partial charge in [-0.25, -0.2) is 13.1 Å². The van der Waals surface area contributed by atoms with Gasteiger partial charge in [0.05, 0.1) is 11.4 Å². The lowest BCUT2D eigenvalue weighted by atomic mass is 10.1. The Morgan fingerprint density at radius 2 is 2.10 bits per heavy atom. The molecule has 0 aliphatic rings. The summed E-state index contributed by atoms with van der Waals surface area (Å²) in [6.45, 7) is 4.09. The second-order valence-electron chi connectivity index (χ2n) is 4.97. The fourth-order valence-corrected chi connectivity index (χ4v) is 3.64. The van der Waals surface area contributed by atoms with Gasteiger partial charge in [0.1, 0.15) is 4.90 Å². The predicted molar refractivity (Wildman–Crippen MR) is 81.3 cm³/mol. The van der Waals surface area contributed by atoms with E-state index in [-0.39, 0.29) is 11.4 Å².